The van der Waals surface area contributed by atoms with Gasteiger partial charge in [-0.05, 0) is 62.4 Å². The first-order chi connectivity index (χ1) is 18.8. The summed E-state index contributed by atoms with van der Waals surface area (Å²) in [5, 5.41) is 15.2. The van der Waals surface area contributed by atoms with Gasteiger partial charge in [-0.25, -0.2) is 0 Å². The smallest absolute Gasteiger partial charge is 0.250 e. The topological polar surface area (TPSA) is 108 Å². The first kappa shape index (κ1) is 27.8. The van der Waals surface area contributed by atoms with Gasteiger partial charge in [0.25, 0.3) is 0 Å². The first-order valence-corrected chi connectivity index (χ1v) is 14.7. The summed E-state index contributed by atoms with van der Waals surface area (Å²) >= 11 is 3.72. The molecule has 5 rings (SSSR count). The van der Waals surface area contributed by atoms with E-state index in [2.05, 4.69) is 26.6 Å². The Labute approximate surface area is 237 Å². The fourth-order valence-electron chi connectivity index (χ4n) is 6.54. The summed E-state index contributed by atoms with van der Waals surface area (Å²) < 4.78 is 6.57. The lowest BCUT2D eigenvalue weighted by molar-refractivity contribution is -0.139. The molecule has 2 aromatic rings. The maximum absolute atomic E-state index is 14.1. The number of rotatable bonds is 10. The third kappa shape index (κ3) is 5.12. The largest absolute Gasteiger partial charge is 0.396 e. The number of carbonyl (C=O) groups excluding carboxylic acids is 3. The van der Waals surface area contributed by atoms with Gasteiger partial charge >= 0.3 is 0 Å². The van der Waals surface area contributed by atoms with E-state index in [1.54, 1.807) is 4.90 Å². The number of unbranched alkanes of at least 4 members (excludes halogenated alkanes) is 3. The fraction of sp³-hybridized carbons (Fsp3) is 0.500. The number of anilines is 2. The van der Waals surface area contributed by atoms with Gasteiger partial charge in [0.1, 0.15) is 11.6 Å². The monoisotopic (exact) mass is 597 g/mol. The normalized spacial score (nSPS) is 29.0. The molecule has 0 saturated carbocycles. The Bertz CT molecular complexity index is 1240. The predicted molar refractivity (Wildman–Crippen MR) is 153 cm³/mol. The van der Waals surface area contributed by atoms with Crippen molar-refractivity contribution < 1.29 is 24.2 Å². The van der Waals surface area contributed by atoms with Gasteiger partial charge in [0, 0.05) is 29.4 Å². The molecular formula is C30H36BrN3O5. The van der Waals surface area contributed by atoms with Gasteiger partial charge in [0.15, 0.2) is 0 Å². The molecule has 3 amide bonds. The molecule has 2 aromatic carbocycles. The van der Waals surface area contributed by atoms with Crippen molar-refractivity contribution in [3.8, 4) is 0 Å². The quantitative estimate of drug-likeness (QED) is 0.281. The van der Waals surface area contributed by atoms with E-state index in [9.17, 15) is 14.4 Å². The van der Waals surface area contributed by atoms with Crippen molar-refractivity contribution in [1.82, 2.24) is 4.90 Å². The second-order valence-electron chi connectivity index (χ2n) is 11.0. The van der Waals surface area contributed by atoms with E-state index < -0.39 is 29.6 Å². The van der Waals surface area contributed by atoms with Gasteiger partial charge in [-0.3, -0.25) is 14.4 Å². The molecule has 0 aliphatic carbocycles. The van der Waals surface area contributed by atoms with Crippen LogP contribution in [0.3, 0.4) is 0 Å². The number of para-hydroxylation sites is 1. The first-order valence-electron chi connectivity index (χ1n) is 13.7. The zero-order chi connectivity index (χ0) is 27.7. The number of fused-ring (bicyclic) bond motifs is 1. The lowest BCUT2D eigenvalue weighted by Crippen LogP contribution is -2.54. The van der Waals surface area contributed by atoms with E-state index in [0.29, 0.717) is 37.2 Å². The summed E-state index contributed by atoms with van der Waals surface area (Å²) in [6.07, 6.45) is 3.03. The third-order valence-corrected chi connectivity index (χ3v) is 9.18. The lowest BCUT2D eigenvalue weighted by Gasteiger charge is -2.34. The number of nitrogens with one attached hydrogen (secondary N) is 2. The molecule has 208 valence electrons. The van der Waals surface area contributed by atoms with Crippen molar-refractivity contribution in [3.05, 3.63) is 59.7 Å². The lowest BCUT2D eigenvalue weighted by atomic mass is 9.70. The van der Waals surface area contributed by atoms with Crippen LogP contribution in [0.15, 0.2) is 48.5 Å². The average Bonchev–Trinajstić information content (AvgIpc) is 3.50. The number of benzene rings is 2. The molecule has 3 fully saturated rings. The van der Waals surface area contributed by atoms with Crippen LogP contribution >= 0.6 is 15.9 Å². The Balaban J connectivity index is 1.46. The van der Waals surface area contributed by atoms with Crippen molar-refractivity contribution in [3.63, 3.8) is 0 Å². The molecule has 1 spiro atoms. The number of ether oxygens (including phenoxy) is 1. The molecule has 6 atom stereocenters. The van der Waals surface area contributed by atoms with E-state index in [1.807, 2.05) is 62.4 Å². The summed E-state index contributed by atoms with van der Waals surface area (Å²) in [5.41, 5.74) is 2.21. The van der Waals surface area contributed by atoms with Crippen LogP contribution in [-0.2, 0) is 19.1 Å². The van der Waals surface area contributed by atoms with Gasteiger partial charge in [0.05, 0.1) is 17.9 Å². The number of hydrogen-bond donors (Lipinski definition) is 3. The number of likely N-dealkylation sites (tertiary alicyclic amines) is 1. The molecule has 8 nitrogen and oxygen atoms in total. The molecule has 9 heteroatoms. The number of hydrogen-bond acceptors (Lipinski definition) is 5. The van der Waals surface area contributed by atoms with Crippen LogP contribution in [0.5, 0.6) is 0 Å². The Morgan fingerprint density at radius 1 is 1.05 bits per heavy atom. The standard InChI is InChI=1S/C30H36BrN3O5/c1-18-12-13-19(2)22(16-18)33-28(37)26-30-17-21(31)25(39-30)23(27(36)32-20-10-6-5-7-11-20)24(30)29(38)34(26)14-8-3-4-9-15-35/h5-7,10-13,16,21,23-26,35H,3-4,8-9,14-15,17H2,1-2H3,(H,32,36)(H,33,37)/t21?,23-,24+,25-,26?,30?/m1/s1. The van der Waals surface area contributed by atoms with Crippen LogP contribution in [0.1, 0.15) is 43.2 Å². The number of alkyl halides is 1. The average molecular weight is 599 g/mol. The molecule has 0 aromatic heterocycles. The third-order valence-electron chi connectivity index (χ3n) is 8.34. The van der Waals surface area contributed by atoms with Crippen molar-refractivity contribution >= 4 is 45.0 Å². The highest BCUT2D eigenvalue weighted by Crippen LogP contribution is 2.60. The maximum Gasteiger partial charge on any atom is 0.250 e. The minimum absolute atomic E-state index is 0.134. The summed E-state index contributed by atoms with van der Waals surface area (Å²) in [6, 6.07) is 14.2. The van der Waals surface area contributed by atoms with Crippen LogP contribution in [0.25, 0.3) is 0 Å². The van der Waals surface area contributed by atoms with E-state index in [4.69, 9.17) is 9.84 Å². The molecule has 3 N–H and O–H groups in total. The SMILES string of the molecule is Cc1ccc(C)c(NC(=O)C2N(CCCCCCO)C(=O)[C@@H]3[C@@H](C(=O)Nc4ccccc4)[C@@H]4OC23CC4Br)c1. The molecule has 39 heavy (non-hydrogen) atoms. The van der Waals surface area contributed by atoms with Crippen molar-refractivity contribution in [2.24, 2.45) is 11.8 Å². The zero-order valence-electron chi connectivity index (χ0n) is 22.4. The van der Waals surface area contributed by atoms with Crippen LogP contribution in [0, 0.1) is 25.7 Å². The number of nitrogens with zero attached hydrogens (tertiary/aromatic N) is 1. The van der Waals surface area contributed by atoms with E-state index in [1.165, 1.54) is 0 Å². The fourth-order valence-corrected chi connectivity index (χ4v) is 7.48. The van der Waals surface area contributed by atoms with Crippen LogP contribution < -0.4 is 10.6 Å². The van der Waals surface area contributed by atoms with Gasteiger partial charge in [-0.15, -0.1) is 0 Å². The van der Waals surface area contributed by atoms with Crippen LogP contribution in [0.4, 0.5) is 11.4 Å². The summed E-state index contributed by atoms with van der Waals surface area (Å²) in [6.45, 7) is 4.43. The minimum Gasteiger partial charge on any atom is -0.396 e. The maximum atomic E-state index is 14.1. The molecule has 3 aliphatic rings. The highest BCUT2D eigenvalue weighted by Gasteiger charge is 2.76. The van der Waals surface area contributed by atoms with Crippen molar-refractivity contribution in [2.75, 3.05) is 23.8 Å². The van der Waals surface area contributed by atoms with Gasteiger partial charge < -0.3 is 25.4 Å². The highest BCUT2D eigenvalue weighted by molar-refractivity contribution is 9.09. The molecule has 3 saturated heterocycles. The van der Waals surface area contributed by atoms with Gasteiger partial charge in [-0.1, -0.05) is 59.1 Å². The number of halogens is 1. The van der Waals surface area contributed by atoms with Crippen molar-refractivity contribution in [1.29, 1.82) is 0 Å². The van der Waals surface area contributed by atoms with Crippen LogP contribution in [0.2, 0.25) is 0 Å². The zero-order valence-corrected chi connectivity index (χ0v) is 23.9. The molecule has 3 aliphatic heterocycles. The number of carbonyl (C=O) groups is 3. The van der Waals surface area contributed by atoms with Gasteiger partial charge in [-0.2, -0.15) is 0 Å². The Morgan fingerprint density at radius 3 is 2.54 bits per heavy atom. The molecular weight excluding hydrogens is 562 g/mol. The Hall–Kier alpha value is -2.75. The number of amides is 3. The molecule has 0 radical (unpaired) electrons. The predicted octanol–water partition coefficient (Wildman–Crippen LogP) is 4.18. The highest BCUT2D eigenvalue weighted by atomic mass is 79.9. The Morgan fingerprint density at radius 2 is 1.79 bits per heavy atom. The van der Waals surface area contributed by atoms with E-state index in [-0.39, 0.29) is 29.2 Å². The van der Waals surface area contributed by atoms with Gasteiger partial charge in [0.2, 0.25) is 17.7 Å². The minimum atomic E-state index is -1.10. The van der Waals surface area contributed by atoms with Crippen LogP contribution in [-0.4, -0.2) is 63.5 Å². The number of aliphatic hydroxyl groups excluding tert-OH is 1. The molecule has 3 unspecified atom stereocenters. The second kappa shape index (κ2) is 11.4. The summed E-state index contributed by atoms with van der Waals surface area (Å²) in [7, 11) is 0. The summed E-state index contributed by atoms with van der Waals surface area (Å²) in [5.74, 6) is -2.22. The second-order valence-corrected chi connectivity index (χ2v) is 12.2. The molecule has 3 heterocycles. The Kier molecular flexibility index (Phi) is 8.12. The van der Waals surface area contributed by atoms with Crippen molar-refractivity contribution in [2.45, 2.75) is 68.5 Å². The summed E-state index contributed by atoms with van der Waals surface area (Å²) in [4.78, 5) is 43.2. The molecule has 2 bridgehead atoms. The number of aliphatic hydroxyl groups is 1. The van der Waals surface area contributed by atoms with E-state index >= 15 is 0 Å². The number of aryl methyl sites for hydroxylation is 2. The van der Waals surface area contributed by atoms with E-state index in [0.717, 1.165) is 24.0 Å².